The Kier molecular flexibility index (Phi) is 4.45. The van der Waals surface area contributed by atoms with E-state index in [1.54, 1.807) is 18.3 Å². The minimum Gasteiger partial charge on any atom is -0.351 e. The molecule has 0 fully saturated rings. The monoisotopic (exact) mass is 241 g/mol. The van der Waals surface area contributed by atoms with Crippen LogP contribution in [-0.4, -0.2) is 18.0 Å². The van der Waals surface area contributed by atoms with E-state index >= 15 is 0 Å². The van der Waals surface area contributed by atoms with E-state index in [4.69, 9.17) is 5.73 Å². The smallest absolute Gasteiger partial charge is 0.318 e. The first-order chi connectivity index (χ1) is 7.50. The molecule has 0 radical (unpaired) electrons. The van der Waals surface area contributed by atoms with Crippen LogP contribution < -0.4 is 16.4 Å². The van der Waals surface area contributed by atoms with E-state index in [0.29, 0.717) is 0 Å². The molecule has 0 bridgehead atoms. The lowest BCUT2D eigenvalue weighted by Crippen LogP contribution is -2.46. The summed E-state index contributed by atoms with van der Waals surface area (Å²) in [6, 6.07) is 2.70. The van der Waals surface area contributed by atoms with E-state index in [2.05, 4.69) is 5.32 Å². The van der Waals surface area contributed by atoms with Crippen molar-refractivity contribution >= 4 is 23.3 Å². The number of thiophene rings is 1. The molecular weight excluding hydrogens is 226 g/mol. The highest BCUT2D eigenvalue weighted by Crippen LogP contribution is 2.18. The number of urea groups is 1. The van der Waals surface area contributed by atoms with Crippen LogP contribution in [0.15, 0.2) is 17.5 Å². The fourth-order valence-electron chi connectivity index (χ4n) is 1.30. The third-order valence-electron chi connectivity index (χ3n) is 2.11. The van der Waals surface area contributed by atoms with Gasteiger partial charge in [0.2, 0.25) is 5.91 Å². The summed E-state index contributed by atoms with van der Waals surface area (Å²) in [4.78, 5) is 23.0. The molecule has 1 aromatic rings. The molecule has 6 heteroatoms. The number of nitrogens with two attached hydrogens (primary N) is 1. The van der Waals surface area contributed by atoms with Gasteiger partial charge in [0.1, 0.15) is 0 Å². The molecule has 0 saturated heterocycles. The average molecular weight is 241 g/mol. The number of rotatable bonds is 4. The van der Waals surface area contributed by atoms with Gasteiger partial charge in [0.05, 0.1) is 6.04 Å². The van der Waals surface area contributed by atoms with Crippen LogP contribution in [0, 0.1) is 0 Å². The van der Waals surface area contributed by atoms with Gasteiger partial charge < -0.3 is 5.73 Å². The topological polar surface area (TPSA) is 84.2 Å². The molecule has 16 heavy (non-hydrogen) atoms. The number of amides is 3. The van der Waals surface area contributed by atoms with Crippen LogP contribution in [-0.2, 0) is 4.79 Å². The number of carbonyl (C=O) groups excluding carboxylic acids is 2. The second kappa shape index (κ2) is 5.62. The minimum atomic E-state index is -0.831. The largest absolute Gasteiger partial charge is 0.351 e. The van der Waals surface area contributed by atoms with Crippen LogP contribution in [0.2, 0.25) is 0 Å². The third-order valence-corrected chi connectivity index (χ3v) is 3.16. The standard InChI is InChI=1S/C10H15N3O2S/c1-6(8-4-3-5-16-8)12-7(2)9(14)13-10(11)15/h3-7,12H,1-2H3,(H3,11,13,14,15)/t6-,7?/m0/s1. The Bertz CT molecular complexity index is 364. The fraction of sp³-hybridized carbons (Fsp3) is 0.400. The maximum Gasteiger partial charge on any atom is 0.318 e. The minimum absolute atomic E-state index is 0.0635. The van der Waals surface area contributed by atoms with E-state index in [0.717, 1.165) is 4.88 Å². The molecule has 2 atom stereocenters. The Hall–Kier alpha value is -1.40. The first kappa shape index (κ1) is 12.7. The normalized spacial score (nSPS) is 14.1. The van der Waals surface area contributed by atoms with Crippen molar-refractivity contribution < 1.29 is 9.59 Å². The van der Waals surface area contributed by atoms with Gasteiger partial charge in [-0.15, -0.1) is 11.3 Å². The maximum atomic E-state index is 11.4. The van der Waals surface area contributed by atoms with Gasteiger partial charge in [-0.25, -0.2) is 4.79 Å². The molecule has 0 spiro atoms. The zero-order valence-electron chi connectivity index (χ0n) is 9.19. The van der Waals surface area contributed by atoms with Crippen molar-refractivity contribution in [3.8, 4) is 0 Å². The quantitative estimate of drug-likeness (QED) is 0.734. The van der Waals surface area contributed by atoms with Crippen LogP contribution in [0.5, 0.6) is 0 Å². The molecule has 0 saturated carbocycles. The Balaban J connectivity index is 2.48. The Morgan fingerprint density at radius 2 is 2.12 bits per heavy atom. The molecule has 0 aliphatic rings. The molecule has 88 valence electrons. The molecule has 1 unspecified atom stereocenters. The molecule has 0 aliphatic heterocycles. The Morgan fingerprint density at radius 3 is 2.62 bits per heavy atom. The summed E-state index contributed by atoms with van der Waals surface area (Å²) in [6.45, 7) is 3.64. The highest BCUT2D eigenvalue weighted by molar-refractivity contribution is 7.10. The predicted octanol–water partition coefficient (Wildman–Crippen LogP) is 0.982. The van der Waals surface area contributed by atoms with Gasteiger partial charge in [-0.2, -0.15) is 0 Å². The summed E-state index contributed by atoms with van der Waals surface area (Å²) in [5.41, 5.74) is 4.86. The third kappa shape index (κ3) is 3.63. The molecule has 1 heterocycles. The number of imide groups is 1. The lowest BCUT2D eigenvalue weighted by atomic mass is 10.2. The molecular formula is C10H15N3O2S. The summed E-state index contributed by atoms with van der Waals surface area (Å²) >= 11 is 1.61. The van der Waals surface area contributed by atoms with Gasteiger partial charge in [-0.3, -0.25) is 15.4 Å². The van der Waals surface area contributed by atoms with E-state index in [-0.39, 0.29) is 6.04 Å². The van der Waals surface area contributed by atoms with Crippen molar-refractivity contribution in [2.75, 3.05) is 0 Å². The van der Waals surface area contributed by atoms with Gasteiger partial charge in [-0.05, 0) is 25.3 Å². The van der Waals surface area contributed by atoms with Crippen molar-refractivity contribution in [1.82, 2.24) is 10.6 Å². The van der Waals surface area contributed by atoms with Gasteiger partial charge in [0.15, 0.2) is 0 Å². The van der Waals surface area contributed by atoms with Crippen LogP contribution in [0.3, 0.4) is 0 Å². The van der Waals surface area contributed by atoms with Gasteiger partial charge in [0, 0.05) is 10.9 Å². The van der Waals surface area contributed by atoms with Crippen molar-refractivity contribution in [3.63, 3.8) is 0 Å². The van der Waals surface area contributed by atoms with Crippen LogP contribution in [0.4, 0.5) is 4.79 Å². The van der Waals surface area contributed by atoms with Crippen molar-refractivity contribution in [3.05, 3.63) is 22.4 Å². The lowest BCUT2D eigenvalue weighted by molar-refractivity contribution is -0.121. The summed E-state index contributed by atoms with van der Waals surface area (Å²) in [6.07, 6.45) is 0. The second-order valence-electron chi connectivity index (χ2n) is 3.48. The molecule has 1 aromatic heterocycles. The number of primary amides is 1. The summed E-state index contributed by atoms with van der Waals surface area (Å²) in [5.74, 6) is -0.420. The maximum absolute atomic E-state index is 11.4. The average Bonchev–Trinajstić information content (AvgIpc) is 2.68. The second-order valence-corrected chi connectivity index (χ2v) is 4.46. The molecule has 3 amide bonds. The first-order valence-electron chi connectivity index (χ1n) is 4.90. The van der Waals surface area contributed by atoms with Gasteiger partial charge in [-0.1, -0.05) is 6.07 Å². The summed E-state index contributed by atoms with van der Waals surface area (Å²) < 4.78 is 0. The highest BCUT2D eigenvalue weighted by atomic mass is 32.1. The highest BCUT2D eigenvalue weighted by Gasteiger charge is 2.17. The number of hydrogen-bond acceptors (Lipinski definition) is 4. The molecule has 4 N–H and O–H groups in total. The van der Waals surface area contributed by atoms with Crippen LogP contribution in [0.25, 0.3) is 0 Å². The molecule has 0 aliphatic carbocycles. The van der Waals surface area contributed by atoms with Crippen molar-refractivity contribution in [1.29, 1.82) is 0 Å². The Morgan fingerprint density at radius 1 is 1.44 bits per heavy atom. The zero-order chi connectivity index (χ0) is 12.1. The predicted molar refractivity (Wildman–Crippen MR) is 63.1 cm³/mol. The molecule has 1 rings (SSSR count). The molecule has 5 nitrogen and oxygen atoms in total. The first-order valence-corrected chi connectivity index (χ1v) is 5.78. The Labute approximate surface area is 98.0 Å². The van der Waals surface area contributed by atoms with Gasteiger partial charge >= 0.3 is 6.03 Å². The van der Waals surface area contributed by atoms with Crippen molar-refractivity contribution in [2.24, 2.45) is 5.73 Å². The summed E-state index contributed by atoms with van der Waals surface area (Å²) in [5, 5.41) is 7.09. The summed E-state index contributed by atoms with van der Waals surface area (Å²) in [7, 11) is 0. The number of hydrogen-bond donors (Lipinski definition) is 3. The van der Waals surface area contributed by atoms with E-state index < -0.39 is 18.0 Å². The zero-order valence-corrected chi connectivity index (χ0v) is 10.0. The van der Waals surface area contributed by atoms with E-state index in [1.807, 2.05) is 29.8 Å². The molecule has 0 aromatic carbocycles. The fourth-order valence-corrected chi connectivity index (χ4v) is 2.04. The van der Waals surface area contributed by atoms with Crippen LogP contribution in [0.1, 0.15) is 24.8 Å². The number of nitrogens with one attached hydrogen (secondary N) is 2. The SMILES string of the molecule is CC(N[C@@H](C)c1cccs1)C(=O)NC(N)=O. The lowest BCUT2D eigenvalue weighted by Gasteiger charge is -2.17. The van der Waals surface area contributed by atoms with Gasteiger partial charge in [0.25, 0.3) is 0 Å². The van der Waals surface area contributed by atoms with E-state index in [1.165, 1.54) is 0 Å². The van der Waals surface area contributed by atoms with E-state index in [9.17, 15) is 9.59 Å². The number of carbonyl (C=O) groups is 2. The van der Waals surface area contributed by atoms with Crippen molar-refractivity contribution in [2.45, 2.75) is 25.9 Å². The van der Waals surface area contributed by atoms with Crippen LogP contribution >= 0.6 is 11.3 Å².